The lowest BCUT2D eigenvalue weighted by Crippen LogP contribution is -2.49. The molecule has 0 bridgehead atoms. The van der Waals surface area contributed by atoms with Crippen LogP contribution in [0.2, 0.25) is 0 Å². The summed E-state index contributed by atoms with van der Waals surface area (Å²) >= 11 is 0. The third-order valence-corrected chi connectivity index (χ3v) is 4.61. The molecule has 0 radical (unpaired) electrons. The molecule has 1 aliphatic rings. The van der Waals surface area contributed by atoms with E-state index in [1.165, 1.54) is 37.1 Å². The van der Waals surface area contributed by atoms with Crippen LogP contribution in [-0.2, 0) is 6.54 Å². The van der Waals surface area contributed by atoms with E-state index >= 15 is 0 Å². The van der Waals surface area contributed by atoms with Gasteiger partial charge in [0.05, 0.1) is 6.54 Å². The van der Waals surface area contributed by atoms with Gasteiger partial charge in [-0.1, -0.05) is 24.3 Å². The smallest absolute Gasteiger partial charge is 0.191 e. The number of piperidine rings is 1. The summed E-state index contributed by atoms with van der Waals surface area (Å²) in [5.41, 5.74) is 2.59. The van der Waals surface area contributed by atoms with E-state index in [0.29, 0.717) is 12.1 Å². The van der Waals surface area contributed by atoms with Crippen LogP contribution in [0.3, 0.4) is 0 Å². The van der Waals surface area contributed by atoms with E-state index in [0.717, 1.165) is 19.0 Å². The fraction of sp³-hybridized carbons (Fsp3) is 0.632. The van der Waals surface area contributed by atoms with Crippen LogP contribution in [0.4, 0.5) is 0 Å². The van der Waals surface area contributed by atoms with Gasteiger partial charge >= 0.3 is 0 Å². The normalized spacial score (nSPS) is 17.5. The first-order valence-electron chi connectivity index (χ1n) is 8.93. The Morgan fingerprint density at radius 3 is 2.57 bits per heavy atom. The van der Waals surface area contributed by atoms with Crippen molar-refractivity contribution >= 4 is 5.96 Å². The van der Waals surface area contributed by atoms with Gasteiger partial charge in [0.15, 0.2) is 5.96 Å². The number of aryl methyl sites for hydroxylation is 1. The molecule has 4 nitrogen and oxygen atoms in total. The summed E-state index contributed by atoms with van der Waals surface area (Å²) in [4.78, 5) is 7.32. The van der Waals surface area contributed by atoms with E-state index in [9.17, 15) is 0 Å². The largest absolute Gasteiger partial charge is 0.357 e. The molecule has 0 aliphatic carbocycles. The van der Waals surface area contributed by atoms with Gasteiger partial charge in [-0.15, -0.1) is 0 Å². The average Bonchev–Trinajstić information content (AvgIpc) is 2.54. The zero-order valence-electron chi connectivity index (χ0n) is 15.1. The summed E-state index contributed by atoms with van der Waals surface area (Å²) < 4.78 is 0. The maximum Gasteiger partial charge on any atom is 0.191 e. The summed E-state index contributed by atoms with van der Waals surface area (Å²) in [6.45, 7) is 12.8. The molecular formula is C19H32N4. The maximum atomic E-state index is 4.77. The van der Waals surface area contributed by atoms with Crippen molar-refractivity contribution in [2.24, 2.45) is 4.99 Å². The van der Waals surface area contributed by atoms with Crippen LogP contribution in [0, 0.1) is 6.92 Å². The zero-order chi connectivity index (χ0) is 16.7. The fourth-order valence-corrected chi connectivity index (χ4v) is 3.03. The van der Waals surface area contributed by atoms with Crippen molar-refractivity contribution in [3.8, 4) is 0 Å². The number of hydrogen-bond donors (Lipinski definition) is 2. The number of aliphatic imine (C=N–C) groups is 1. The summed E-state index contributed by atoms with van der Waals surface area (Å²) in [7, 11) is 0. The Bertz CT molecular complexity index is 502. The molecule has 1 aliphatic heterocycles. The fourth-order valence-electron chi connectivity index (χ4n) is 3.03. The van der Waals surface area contributed by atoms with E-state index in [2.05, 4.69) is 67.5 Å². The van der Waals surface area contributed by atoms with Gasteiger partial charge in [-0.25, -0.2) is 4.99 Å². The van der Waals surface area contributed by atoms with E-state index in [1.807, 2.05) is 0 Å². The summed E-state index contributed by atoms with van der Waals surface area (Å²) in [6, 6.07) is 9.64. The predicted octanol–water partition coefficient (Wildman–Crippen LogP) is 2.92. The quantitative estimate of drug-likeness (QED) is 0.648. The summed E-state index contributed by atoms with van der Waals surface area (Å²) in [5.74, 6) is 0.943. The highest BCUT2D eigenvalue weighted by molar-refractivity contribution is 5.80. The average molecular weight is 316 g/mol. The Morgan fingerprint density at radius 1 is 1.26 bits per heavy atom. The van der Waals surface area contributed by atoms with Crippen LogP contribution in [-0.4, -0.2) is 42.6 Å². The van der Waals surface area contributed by atoms with Gasteiger partial charge in [0, 0.05) is 31.7 Å². The zero-order valence-corrected chi connectivity index (χ0v) is 15.1. The number of guanidine groups is 1. The Kier molecular flexibility index (Phi) is 6.90. The lowest BCUT2D eigenvalue weighted by molar-refractivity contribution is 0.167. The molecule has 2 rings (SSSR count). The number of rotatable bonds is 5. The monoisotopic (exact) mass is 316 g/mol. The van der Waals surface area contributed by atoms with Crippen molar-refractivity contribution in [2.75, 3.05) is 19.6 Å². The van der Waals surface area contributed by atoms with Gasteiger partial charge in [0.2, 0.25) is 0 Å². The van der Waals surface area contributed by atoms with E-state index in [-0.39, 0.29) is 0 Å². The topological polar surface area (TPSA) is 39.7 Å². The number of nitrogens with zero attached hydrogens (tertiary/aromatic N) is 2. The highest BCUT2D eigenvalue weighted by Crippen LogP contribution is 2.13. The second kappa shape index (κ2) is 8.92. The molecule has 1 heterocycles. The molecule has 0 aromatic heterocycles. The molecule has 128 valence electrons. The third kappa shape index (κ3) is 5.54. The van der Waals surface area contributed by atoms with Gasteiger partial charge in [-0.05, 0) is 51.7 Å². The molecule has 4 heteroatoms. The number of likely N-dealkylation sites (tertiary alicyclic amines) is 1. The highest BCUT2D eigenvalue weighted by Gasteiger charge is 2.21. The Labute approximate surface area is 141 Å². The minimum atomic E-state index is 0.527. The summed E-state index contributed by atoms with van der Waals surface area (Å²) in [6.07, 6.45) is 2.37. The standard InChI is InChI=1S/C19H32N4/c1-5-20-19(21-14-17-9-7-6-8-16(17)4)22-18-10-12-23(13-11-18)15(2)3/h6-9,15,18H,5,10-14H2,1-4H3,(H2,20,21,22). The number of benzene rings is 1. The first-order valence-corrected chi connectivity index (χ1v) is 8.93. The Hall–Kier alpha value is -1.55. The van der Waals surface area contributed by atoms with Crippen LogP contribution >= 0.6 is 0 Å². The van der Waals surface area contributed by atoms with Crippen molar-refractivity contribution < 1.29 is 0 Å². The van der Waals surface area contributed by atoms with Crippen molar-refractivity contribution in [2.45, 2.75) is 59.2 Å². The molecule has 2 N–H and O–H groups in total. The van der Waals surface area contributed by atoms with Crippen LogP contribution in [0.1, 0.15) is 44.7 Å². The van der Waals surface area contributed by atoms with Crippen molar-refractivity contribution in [3.63, 3.8) is 0 Å². The van der Waals surface area contributed by atoms with E-state index in [1.54, 1.807) is 0 Å². The lowest BCUT2D eigenvalue weighted by Gasteiger charge is -2.35. The minimum absolute atomic E-state index is 0.527. The molecule has 0 saturated carbocycles. The number of nitrogens with one attached hydrogen (secondary N) is 2. The molecule has 0 amide bonds. The van der Waals surface area contributed by atoms with Gasteiger partial charge in [0.25, 0.3) is 0 Å². The molecular weight excluding hydrogens is 284 g/mol. The lowest BCUT2D eigenvalue weighted by atomic mass is 10.0. The molecule has 23 heavy (non-hydrogen) atoms. The molecule has 1 aromatic carbocycles. The molecule has 1 fully saturated rings. The van der Waals surface area contributed by atoms with Crippen LogP contribution in [0.15, 0.2) is 29.3 Å². The molecule has 0 spiro atoms. The molecule has 1 aromatic rings. The predicted molar refractivity (Wildman–Crippen MR) is 98.9 cm³/mol. The van der Waals surface area contributed by atoms with Crippen LogP contribution < -0.4 is 10.6 Å². The van der Waals surface area contributed by atoms with Crippen molar-refractivity contribution in [3.05, 3.63) is 35.4 Å². The van der Waals surface area contributed by atoms with Crippen molar-refractivity contribution in [1.29, 1.82) is 0 Å². The first-order chi connectivity index (χ1) is 11.1. The molecule has 1 saturated heterocycles. The van der Waals surface area contributed by atoms with Crippen molar-refractivity contribution in [1.82, 2.24) is 15.5 Å². The Morgan fingerprint density at radius 2 is 1.96 bits per heavy atom. The van der Waals surface area contributed by atoms with Gasteiger partial charge in [-0.2, -0.15) is 0 Å². The first kappa shape index (κ1) is 17.8. The van der Waals surface area contributed by atoms with Crippen LogP contribution in [0.25, 0.3) is 0 Å². The summed E-state index contributed by atoms with van der Waals surface area (Å²) in [5, 5.41) is 7.00. The maximum absolute atomic E-state index is 4.77. The second-order valence-electron chi connectivity index (χ2n) is 6.67. The highest BCUT2D eigenvalue weighted by atomic mass is 15.2. The Balaban J connectivity index is 1.91. The van der Waals surface area contributed by atoms with Gasteiger partial charge in [0.1, 0.15) is 0 Å². The van der Waals surface area contributed by atoms with Gasteiger partial charge in [-0.3, -0.25) is 0 Å². The minimum Gasteiger partial charge on any atom is -0.357 e. The van der Waals surface area contributed by atoms with E-state index < -0.39 is 0 Å². The van der Waals surface area contributed by atoms with E-state index in [4.69, 9.17) is 4.99 Å². The molecule has 0 unspecified atom stereocenters. The SMILES string of the molecule is CCNC(=NCc1ccccc1C)NC1CCN(C(C)C)CC1. The number of hydrogen-bond acceptors (Lipinski definition) is 2. The van der Waals surface area contributed by atoms with Crippen LogP contribution in [0.5, 0.6) is 0 Å². The van der Waals surface area contributed by atoms with Gasteiger partial charge < -0.3 is 15.5 Å². The second-order valence-corrected chi connectivity index (χ2v) is 6.67. The molecule has 0 atom stereocenters. The third-order valence-electron chi connectivity index (χ3n) is 4.61.